The van der Waals surface area contributed by atoms with Gasteiger partial charge in [0.2, 0.25) is 0 Å². The minimum Gasteiger partial charge on any atom is 0 e. The summed E-state index contributed by atoms with van der Waals surface area (Å²) < 4.78 is 28.0. The number of aryl methyl sites for hydroxylation is 1. The molecule has 1 heterocycles. The Balaban J connectivity index is -0.00000183. The van der Waals surface area contributed by atoms with E-state index < -0.39 is 5.97 Å². The van der Waals surface area contributed by atoms with Gasteiger partial charge in [0.1, 0.15) is 5.76 Å². The van der Waals surface area contributed by atoms with Gasteiger partial charge in [0, 0.05) is 33.3 Å². The zero-order valence-corrected chi connectivity index (χ0v) is 25.7. The summed E-state index contributed by atoms with van der Waals surface area (Å²) in [4.78, 5) is 22.8. The molecule has 1 aromatic rings. The van der Waals surface area contributed by atoms with Crippen molar-refractivity contribution < 1.29 is 58.6 Å². The number of hydrogen-bond acceptors (Lipinski definition) is 4. The van der Waals surface area contributed by atoms with Crippen LogP contribution < -0.4 is 5.11 Å². The summed E-state index contributed by atoms with van der Waals surface area (Å²) in [6, 6.07) is 3.35. The van der Waals surface area contributed by atoms with Crippen LogP contribution in [0.15, 0.2) is 52.2 Å². The topological polar surface area (TPSA) is 150 Å². The second-order valence-electron chi connectivity index (χ2n) is 8.92. The van der Waals surface area contributed by atoms with Crippen molar-refractivity contribution >= 4 is 11.8 Å². The van der Waals surface area contributed by atoms with Crippen LogP contribution in [-0.4, -0.2) is 16.9 Å². The molecule has 0 amide bonds. The third-order valence-corrected chi connectivity index (χ3v) is 6.06. The van der Waals surface area contributed by atoms with Gasteiger partial charge >= 0.3 is 39.9 Å². The first kappa shape index (κ1) is 41.8. The predicted molar refractivity (Wildman–Crippen MR) is 141 cm³/mol. The molecule has 9 heteroatoms. The molecule has 219 valence electrons. The van der Waals surface area contributed by atoms with Crippen molar-refractivity contribution in [2.24, 2.45) is 0 Å². The van der Waals surface area contributed by atoms with E-state index in [1.165, 1.54) is 44.9 Å². The van der Waals surface area contributed by atoms with Crippen LogP contribution in [0.5, 0.6) is 0 Å². The minimum absolute atomic E-state index is 0. The van der Waals surface area contributed by atoms with Gasteiger partial charge in [0.25, 0.3) is 0 Å². The largest absolute Gasteiger partial charge is 0 e. The smallest absolute Gasteiger partial charge is 0 e. The number of furan rings is 1. The van der Waals surface area contributed by atoms with Crippen LogP contribution in [0.25, 0.3) is 0 Å². The van der Waals surface area contributed by atoms with E-state index >= 15 is 0 Å². The Labute approximate surface area is 251 Å². The monoisotopic (exact) mass is 726 g/mol. The summed E-state index contributed by atoms with van der Waals surface area (Å²) in [6.45, 7) is 13.5. The van der Waals surface area contributed by atoms with Crippen molar-refractivity contribution in [2.45, 2.75) is 103 Å². The second-order valence-corrected chi connectivity index (χ2v) is 8.92. The Hall–Kier alpha value is -2.68. The van der Waals surface area contributed by atoms with Crippen molar-refractivity contribution in [2.75, 3.05) is 0 Å². The summed E-state index contributed by atoms with van der Waals surface area (Å²) >= 11 is 0. The second kappa shape index (κ2) is 30.9. The third-order valence-electron chi connectivity index (χ3n) is 6.06. The van der Waals surface area contributed by atoms with E-state index in [0.717, 1.165) is 37.7 Å². The van der Waals surface area contributed by atoms with Crippen LogP contribution in [0.4, 0.5) is 0 Å². The standard InChI is InChI=1S/C28H40O5.3CO.Re/c29-25(23-15-13-14-16-23)17-11-9-7-5-3-1-2-4-6-8-10-12-18-26(30)27-21-19-24(33-27)20-22-28(31)32;3*1-2;/h13-16,19,21,29H,1-12,17-18,20,22H2,(H,31,32);;;;/p-1. The van der Waals surface area contributed by atoms with Crippen molar-refractivity contribution in [1.82, 2.24) is 0 Å². The van der Waals surface area contributed by atoms with Gasteiger partial charge in [-0.15, -0.1) is 5.76 Å². The van der Waals surface area contributed by atoms with E-state index in [-0.39, 0.29) is 38.4 Å². The zero-order valence-electron chi connectivity index (χ0n) is 23.0. The molecule has 0 atom stereocenters. The number of Topliss-reactive ketones (excluding diaryl/α,β-unsaturated/α-hetero) is 1. The Morgan fingerprint density at radius 2 is 1.12 bits per heavy atom. The Morgan fingerprint density at radius 3 is 1.57 bits per heavy atom. The summed E-state index contributed by atoms with van der Waals surface area (Å²) in [5.74, 6) is 0.321. The summed E-state index contributed by atoms with van der Waals surface area (Å²) in [6.07, 6.45) is 23.2. The van der Waals surface area contributed by atoms with Crippen LogP contribution >= 0.6 is 0 Å². The molecule has 0 fully saturated rings. The number of ketones is 1. The molecule has 0 saturated heterocycles. The molecule has 1 aliphatic rings. The fourth-order valence-electron chi connectivity index (χ4n) is 4.06. The van der Waals surface area contributed by atoms with Crippen LogP contribution in [-0.2, 0) is 45.6 Å². The Morgan fingerprint density at radius 1 is 0.700 bits per heavy atom. The molecule has 1 aromatic heterocycles. The molecule has 0 aliphatic heterocycles. The van der Waals surface area contributed by atoms with Gasteiger partial charge in [-0.2, -0.15) is 0 Å². The number of rotatable bonds is 19. The number of aliphatic carboxylic acids is 1. The van der Waals surface area contributed by atoms with Gasteiger partial charge in [-0.25, -0.2) is 0 Å². The third kappa shape index (κ3) is 22.2. The minimum atomic E-state index is -0.867. The number of carbonyl (C=O) groups is 2. The summed E-state index contributed by atoms with van der Waals surface area (Å²) in [5.41, 5.74) is 0.850. The number of carboxylic acids is 1. The average molecular weight is 726 g/mol. The van der Waals surface area contributed by atoms with Crippen molar-refractivity contribution in [3.8, 4) is 0 Å². The van der Waals surface area contributed by atoms with Gasteiger partial charge in [0.05, 0.1) is 6.42 Å². The number of unbranched alkanes of at least 4 members (excludes halogenated alkanes) is 11. The van der Waals surface area contributed by atoms with Crippen LogP contribution in [0, 0.1) is 20.0 Å². The first-order chi connectivity index (χ1) is 19.1. The molecule has 1 aliphatic carbocycles. The van der Waals surface area contributed by atoms with E-state index in [9.17, 15) is 14.7 Å². The van der Waals surface area contributed by atoms with Gasteiger partial charge in [0.15, 0.2) is 11.5 Å². The van der Waals surface area contributed by atoms with Crippen molar-refractivity contribution in [1.29, 1.82) is 0 Å². The Bertz CT molecular complexity index is 922. The average Bonchev–Trinajstić information content (AvgIpc) is 3.68. The van der Waals surface area contributed by atoms with E-state index in [1.54, 1.807) is 12.1 Å². The quantitative estimate of drug-likeness (QED) is 0.0563. The molecule has 2 rings (SSSR count). The number of carbonyl (C=O) groups excluding carboxylic acids is 1. The van der Waals surface area contributed by atoms with Crippen LogP contribution in [0.1, 0.15) is 113 Å². The first-order valence-electron chi connectivity index (χ1n) is 13.3. The summed E-state index contributed by atoms with van der Waals surface area (Å²) in [7, 11) is 0. The molecule has 40 heavy (non-hydrogen) atoms. The van der Waals surface area contributed by atoms with Gasteiger partial charge in [-0.1, -0.05) is 94.9 Å². The van der Waals surface area contributed by atoms with Crippen molar-refractivity contribution in [3.05, 3.63) is 79.2 Å². The number of carboxylic acid groups (broad SMARTS) is 1. The van der Waals surface area contributed by atoms with E-state index in [2.05, 4.69) is 20.0 Å². The molecule has 0 unspecified atom stereocenters. The fourth-order valence-corrected chi connectivity index (χ4v) is 4.06. The molecule has 0 aromatic carbocycles. The molecule has 0 saturated carbocycles. The van der Waals surface area contributed by atoms with Gasteiger partial charge in [-0.3, -0.25) is 9.59 Å². The van der Waals surface area contributed by atoms with Gasteiger partial charge < -0.3 is 14.6 Å². The molecule has 1 radical (unpaired) electrons. The normalized spacial score (nSPS) is 10.5. The van der Waals surface area contributed by atoms with E-state index in [4.69, 9.17) is 23.5 Å². The number of allylic oxidation sites excluding steroid dienone is 6. The van der Waals surface area contributed by atoms with E-state index in [0.29, 0.717) is 30.8 Å². The maximum atomic E-state index is 12.2. The van der Waals surface area contributed by atoms with Gasteiger partial charge in [-0.05, 0) is 30.5 Å². The fraction of sp³-hybridized carbons (Fsp3) is 0.516. The molecule has 8 nitrogen and oxygen atoms in total. The van der Waals surface area contributed by atoms with E-state index in [1.807, 2.05) is 24.3 Å². The summed E-state index contributed by atoms with van der Waals surface area (Å²) in [5, 5.41) is 20.6. The Kier molecular flexibility index (Phi) is 32.2. The predicted octanol–water partition coefficient (Wildman–Crippen LogP) is 6.57. The van der Waals surface area contributed by atoms with Crippen LogP contribution in [0.3, 0.4) is 0 Å². The molecule has 0 bridgehead atoms. The van der Waals surface area contributed by atoms with Crippen LogP contribution in [0.2, 0.25) is 0 Å². The number of hydrogen-bond donors (Lipinski definition) is 1. The first-order valence-corrected chi connectivity index (χ1v) is 13.3. The zero-order chi connectivity index (χ0) is 29.7. The maximum Gasteiger partial charge on any atom is 0 e. The maximum absolute atomic E-state index is 12.2. The molecular weight excluding hydrogens is 687 g/mol. The molecule has 0 spiro atoms. The SMILES string of the molecule is O=C(O)CCc1ccc(C(=O)CCCCCCCCCCCCCCC([O-])=C2C=CC=C2)o1.[C-]#[O+].[C-]#[O+].[C-]#[O+].[Re]. The van der Waals surface area contributed by atoms with Crippen molar-refractivity contribution in [3.63, 3.8) is 0 Å². The molecule has 1 N–H and O–H groups in total. The molecular formula is C31H39O8Re-.